The summed E-state index contributed by atoms with van der Waals surface area (Å²) in [7, 11) is 1.78. The Bertz CT molecular complexity index is 1290. The van der Waals surface area contributed by atoms with Gasteiger partial charge in [0.15, 0.2) is 5.82 Å². The molecule has 1 saturated carbocycles. The molecule has 5 rings (SSSR count). The third kappa shape index (κ3) is 5.35. The molecule has 2 amide bonds. The lowest BCUT2D eigenvalue weighted by Gasteiger charge is -2.31. The van der Waals surface area contributed by atoms with Crippen LogP contribution in [0, 0.1) is 0 Å². The molecule has 8 heteroatoms. The summed E-state index contributed by atoms with van der Waals surface area (Å²) >= 11 is 0. The van der Waals surface area contributed by atoms with E-state index in [1.54, 1.807) is 30.3 Å². The van der Waals surface area contributed by atoms with Gasteiger partial charge in [0.1, 0.15) is 5.69 Å². The number of anilines is 5. The minimum atomic E-state index is -0.0640. The molecule has 38 heavy (non-hydrogen) atoms. The smallest absolute Gasteiger partial charge is 0.260 e. The van der Waals surface area contributed by atoms with Gasteiger partial charge in [0, 0.05) is 30.9 Å². The van der Waals surface area contributed by atoms with Gasteiger partial charge in [-0.3, -0.25) is 9.59 Å². The number of nitrogens with one attached hydrogen (secondary N) is 2. The highest BCUT2D eigenvalue weighted by molar-refractivity contribution is 6.13. The Morgan fingerprint density at radius 3 is 2.53 bits per heavy atom. The van der Waals surface area contributed by atoms with Crippen molar-refractivity contribution >= 4 is 40.6 Å². The monoisotopic (exact) mass is 512 g/mol. The highest BCUT2D eigenvalue weighted by atomic mass is 16.2. The highest BCUT2D eigenvalue weighted by Crippen LogP contribution is 2.43. The van der Waals surface area contributed by atoms with E-state index >= 15 is 0 Å². The third-order valence-electron chi connectivity index (χ3n) is 7.45. The lowest BCUT2D eigenvalue weighted by atomic mass is 10.1. The summed E-state index contributed by atoms with van der Waals surface area (Å²) in [5.74, 6) is 1.05. The average molecular weight is 513 g/mol. The van der Waals surface area contributed by atoms with Gasteiger partial charge in [0.05, 0.1) is 17.4 Å². The summed E-state index contributed by atoms with van der Waals surface area (Å²) in [6.07, 6.45) is 10.7. The molecule has 1 aromatic heterocycles. The van der Waals surface area contributed by atoms with E-state index in [4.69, 9.17) is 4.98 Å². The Morgan fingerprint density at radius 1 is 1.00 bits per heavy atom. The van der Waals surface area contributed by atoms with E-state index in [-0.39, 0.29) is 17.9 Å². The number of amides is 2. The molecule has 2 N–H and O–H groups in total. The van der Waals surface area contributed by atoms with E-state index in [2.05, 4.69) is 27.4 Å². The molecule has 8 nitrogen and oxygen atoms in total. The number of hydrogen-bond donors (Lipinski definition) is 2. The first-order valence-corrected chi connectivity index (χ1v) is 13.8. The Morgan fingerprint density at radius 2 is 1.76 bits per heavy atom. The van der Waals surface area contributed by atoms with Crippen LogP contribution in [-0.2, 0) is 0 Å². The molecular formula is C30H36N6O2. The molecular weight excluding hydrogens is 476 g/mol. The molecule has 0 radical (unpaired) electrons. The van der Waals surface area contributed by atoms with Crippen LogP contribution in [0.3, 0.4) is 0 Å². The molecule has 1 aliphatic carbocycles. The molecule has 0 atom stereocenters. The maximum absolute atomic E-state index is 13.3. The predicted octanol–water partition coefficient (Wildman–Crippen LogP) is 6.20. The Balaban J connectivity index is 1.38. The van der Waals surface area contributed by atoms with Gasteiger partial charge in [0.2, 0.25) is 5.95 Å². The molecule has 3 aromatic rings. The standard InChI is InChI=1S/C30H36N6O2/c1-3-4-5-10-19-31-28(37)21-15-17-22(18-16-21)33-30-32-20-26-27(34-30)36(23-11-6-7-12-23)25-14-9-8-13-24(25)29(38)35(26)2/h8-9,13-18,20,23H,3-7,10-12,19H2,1-2H3,(H,31,37)(H,32,33,34). The van der Waals surface area contributed by atoms with Gasteiger partial charge in [-0.25, -0.2) is 4.98 Å². The SMILES string of the molecule is CCCCCCNC(=O)c1ccc(Nc2ncc3c(n2)N(C2CCCC2)c2ccccc2C(=O)N3C)cc1. The van der Waals surface area contributed by atoms with E-state index in [0.29, 0.717) is 29.3 Å². The first kappa shape index (κ1) is 25.7. The zero-order chi connectivity index (χ0) is 26.5. The van der Waals surface area contributed by atoms with Crippen molar-refractivity contribution in [1.29, 1.82) is 0 Å². The first-order chi connectivity index (χ1) is 18.6. The van der Waals surface area contributed by atoms with Crippen molar-refractivity contribution in [3.8, 4) is 0 Å². The van der Waals surface area contributed by atoms with Crippen LogP contribution in [0.4, 0.5) is 28.8 Å². The summed E-state index contributed by atoms with van der Waals surface area (Å²) < 4.78 is 0. The number of unbranched alkanes of at least 4 members (excludes halogenated alkanes) is 3. The normalized spacial score (nSPS) is 15.2. The number of aromatic nitrogens is 2. The lowest BCUT2D eigenvalue weighted by molar-refractivity contribution is 0.0951. The lowest BCUT2D eigenvalue weighted by Crippen LogP contribution is -2.30. The van der Waals surface area contributed by atoms with Gasteiger partial charge in [0.25, 0.3) is 11.8 Å². The molecule has 2 aromatic carbocycles. The second-order valence-electron chi connectivity index (χ2n) is 10.1. The molecule has 1 fully saturated rings. The van der Waals surface area contributed by atoms with Crippen LogP contribution >= 0.6 is 0 Å². The van der Waals surface area contributed by atoms with Gasteiger partial charge >= 0.3 is 0 Å². The zero-order valence-electron chi connectivity index (χ0n) is 22.2. The van der Waals surface area contributed by atoms with E-state index in [0.717, 1.165) is 55.7 Å². The number of rotatable bonds is 9. The number of nitrogens with zero attached hydrogens (tertiary/aromatic N) is 4. The van der Waals surface area contributed by atoms with Crippen LogP contribution < -0.4 is 20.4 Å². The van der Waals surface area contributed by atoms with Crippen LogP contribution in [0.25, 0.3) is 0 Å². The number of hydrogen-bond acceptors (Lipinski definition) is 6. The second kappa shape index (κ2) is 11.6. The Kier molecular flexibility index (Phi) is 7.86. The van der Waals surface area contributed by atoms with Crippen molar-refractivity contribution in [3.63, 3.8) is 0 Å². The first-order valence-electron chi connectivity index (χ1n) is 13.8. The predicted molar refractivity (Wildman–Crippen MR) is 152 cm³/mol. The second-order valence-corrected chi connectivity index (χ2v) is 10.1. The van der Waals surface area contributed by atoms with E-state index < -0.39 is 0 Å². The van der Waals surface area contributed by atoms with Gasteiger partial charge in [-0.1, -0.05) is 51.2 Å². The molecule has 2 heterocycles. The molecule has 2 aliphatic rings. The summed E-state index contributed by atoms with van der Waals surface area (Å²) in [6, 6.07) is 15.4. The zero-order valence-corrected chi connectivity index (χ0v) is 22.2. The van der Waals surface area contributed by atoms with Crippen LogP contribution in [0.2, 0.25) is 0 Å². The maximum atomic E-state index is 13.3. The molecule has 198 valence electrons. The van der Waals surface area contributed by atoms with Crippen LogP contribution in [0.1, 0.15) is 79.0 Å². The van der Waals surface area contributed by atoms with Crippen molar-refractivity contribution in [2.75, 3.05) is 28.7 Å². The largest absolute Gasteiger partial charge is 0.352 e. The number of para-hydroxylation sites is 1. The van der Waals surface area contributed by atoms with Crippen LogP contribution in [-0.4, -0.2) is 41.4 Å². The van der Waals surface area contributed by atoms with Crippen molar-refractivity contribution < 1.29 is 9.59 Å². The highest BCUT2D eigenvalue weighted by Gasteiger charge is 2.35. The van der Waals surface area contributed by atoms with E-state index in [1.165, 1.54) is 12.8 Å². The van der Waals surface area contributed by atoms with Crippen molar-refractivity contribution in [3.05, 3.63) is 65.9 Å². The number of carbonyl (C=O) groups excluding carboxylic acids is 2. The minimum absolute atomic E-state index is 0.0621. The van der Waals surface area contributed by atoms with Gasteiger partial charge in [-0.05, 0) is 55.7 Å². The fraction of sp³-hybridized carbons (Fsp3) is 0.400. The summed E-state index contributed by atoms with van der Waals surface area (Å²) in [5.41, 5.74) is 3.67. The van der Waals surface area contributed by atoms with E-state index in [1.807, 2.05) is 36.4 Å². The molecule has 1 aliphatic heterocycles. The van der Waals surface area contributed by atoms with Crippen LogP contribution in [0.15, 0.2) is 54.7 Å². The summed E-state index contributed by atoms with van der Waals surface area (Å²) in [4.78, 5) is 39.1. The number of fused-ring (bicyclic) bond motifs is 2. The van der Waals surface area contributed by atoms with Crippen molar-refractivity contribution in [1.82, 2.24) is 15.3 Å². The van der Waals surface area contributed by atoms with Crippen molar-refractivity contribution in [2.24, 2.45) is 0 Å². The number of carbonyl (C=O) groups is 2. The van der Waals surface area contributed by atoms with Gasteiger partial charge < -0.3 is 20.4 Å². The Hall–Kier alpha value is -3.94. The van der Waals surface area contributed by atoms with Crippen LogP contribution in [0.5, 0.6) is 0 Å². The fourth-order valence-corrected chi connectivity index (χ4v) is 5.33. The van der Waals surface area contributed by atoms with E-state index in [9.17, 15) is 9.59 Å². The topological polar surface area (TPSA) is 90.5 Å². The molecule has 0 spiro atoms. The van der Waals surface area contributed by atoms with Crippen molar-refractivity contribution in [2.45, 2.75) is 64.3 Å². The summed E-state index contributed by atoms with van der Waals surface area (Å²) in [5, 5.41) is 6.28. The fourth-order valence-electron chi connectivity index (χ4n) is 5.33. The van der Waals surface area contributed by atoms with Gasteiger partial charge in [-0.15, -0.1) is 0 Å². The maximum Gasteiger partial charge on any atom is 0.260 e. The quantitative estimate of drug-likeness (QED) is 0.332. The Labute approximate surface area is 224 Å². The minimum Gasteiger partial charge on any atom is -0.352 e. The third-order valence-corrected chi connectivity index (χ3v) is 7.45. The van der Waals surface area contributed by atoms with Gasteiger partial charge in [-0.2, -0.15) is 4.98 Å². The molecule has 0 unspecified atom stereocenters. The molecule has 0 saturated heterocycles. The summed E-state index contributed by atoms with van der Waals surface area (Å²) in [6.45, 7) is 2.87. The number of benzene rings is 2. The average Bonchev–Trinajstić information content (AvgIpc) is 3.45. The molecule has 0 bridgehead atoms.